The molecule has 23 heavy (non-hydrogen) atoms. The number of rotatable bonds is 4. The van der Waals surface area contributed by atoms with Gasteiger partial charge in [0.1, 0.15) is 5.82 Å². The van der Waals surface area contributed by atoms with Gasteiger partial charge in [-0.25, -0.2) is 4.98 Å². The first kappa shape index (κ1) is 16.3. The summed E-state index contributed by atoms with van der Waals surface area (Å²) < 4.78 is 6.06. The second-order valence-electron chi connectivity index (χ2n) is 5.58. The minimum absolute atomic E-state index is 0.219. The van der Waals surface area contributed by atoms with Crippen molar-refractivity contribution in [1.29, 1.82) is 0 Å². The molecule has 0 unspecified atom stereocenters. The Hall–Kier alpha value is -1.54. The molecule has 2 heterocycles. The molecular weight excluding hydrogens is 405 g/mol. The second-order valence-corrected chi connectivity index (χ2v) is 6.74. The maximum absolute atomic E-state index is 9.93. The minimum atomic E-state index is 0.219. The highest BCUT2D eigenvalue weighted by Crippen LogP contribution is 2.32. The molecule has 1 aliphatic rings. The van der Waals surface area contributed by atoms with Crippen LogP contribution in [-0.4, -0.2) is 48.3 Å². The van der Waals surface area contributed by atoms with Crippen molar-refractivity contribution >= 4 is 28.4 Å². The van der Waals surface area contributed by atoms with Gasteiger partial charge in [-0.05, 0) is 52.4 Å². The lowest BCUT2D eigenvalue weighted by Crippen LogP contribution is -2.46. The van der Waals surface area contributed by atoms with Gasteiger partial charge in [-0.15, -0.1) is 0 Å². The van der Waals surface area contributed by atoms with E-state index >= 15 is 0 Å². The fourth-order valence-corrected chi connectivity index (χ4v) is 3.47. The average molecular weight is 425 g/mol. The van der Waals surface area contributed by atoms with Gasteiger partial charge in [-0.2, -0.15) is 0 Å². The number of aromatic hydroxyl groups is 1. The number of phenolic OH excluding ortho intramolecular Hbond substituents is 1. The van der Waals surface area contributed by atoms with Crippen molar-refractivity contribution in [3.63, 3.8) is 0 Å². The van der Waals surface area contributed by atoms with Gasteiger partial charge in [0, 0.05) is 38.9 Å². The predicted molar refractivity (Wildman–Crippen MR) is 99.1 cm³/mol. The molecule has 122 valence electrons. The number of ether oxygens (including phenoxy) is 1. The van der Waals surface area contributed by atoms with Crippen LogP contribution in [0, 0.1) is 3.57 Å². The summed E-state index contributed by atoms with van der Waals surface area (Å²) >= 11 is 2.14. The van der Waals surface area contributed by atoms with E-state index in [1.165, 1.54) is 0 Å². The summed E-state index contributed by atoms with van der Waals surface area (Å²) in [5.41, 5.74) is 1.16. The number of methoxy groups -OCH3 is 1. The first-order valence-electron chi connectivity index (χ1n) is 7.61. The fourth-order valence-electron chi connectivity index (χ4n) is 2.81. The zero-order chi connectivity index (χ0) is 16.2. The van der Waals surface area contributed by atoms with Crippen LogP contribution in [0.25, 0.3) is 0 Å². The van der Waals surface area contributed by atoms with E-state index in [4.69, 9.17) is 4.74 Å². The molecule has 0 atom stereocenters. The molecule has 1 saturated heterocycles. The molecule has 0 radical (unpaired) electrons. The van der Waals surface area contributed by atoms with Gasteiger partial charge >= 0.3 is 0 Å². The van der Waals surface area contributed by atoms with Gasteiger partial charge in [-0.3, -0.25) is 4.90 Å². The molecule has 1 aromatic carbocycles. The first-order valence-corrected chi connectivity index (χ1v) is 8.69. The lowest BCUT2D eigenvalue weighted by Gasteiger charge is -2.35. The number of hydrogen-bond acceptors (Lipinski definition) is 5. The van der Waals surface area contributed by atoms with Gasteiger partial charge in [0.2, 0.25) is 0 Å². The normalized spacial score (nSPS) is 15.7. The molecule has 0 spiro atoms. The van der Waals surface area contributed by atoms with Gasteiger partial charge < -0.3 is 14.7 Å². The van der Waals surface area contributed by atoms with Gasteiger partial charge in [-0.1, -0.05) is 6.07 Å². The number of benzene rings is 1. The number of halogens is 1. The molecule has 1 aromatic heterocycles. The van der Waals surface area contributed by atoms with Crippen molar-refractivity contribution in [2.75, 3.05) is 38.2 Å². The minimum Gasteiger partial charge on any atom is -0.504 e. The van der Waals surface area contributed by atoms with E-state index in [0.29, 0.717) is 5.75 Å². The fraction of sp³-hybridized carbons (Fsp3) is 0.353. The Balaban J connectivity index is 1.62. The summed E-state index contributed by atoms with van der Waals surface area (Å²) in [6, 6.07) is 9.97. The number of hydrogen-bond donors (Lipinski definition) is 1. The first-order chi connectivity index (χ1) is 11.2. The lowest BCUT2D eigenvalue weighted by molar-refractivity contribution is 0.248. The topological polar surface area (TPSA) is 48.8 Å². The number of phenols is 1. The predicted octanol–water partition coefficient (Wildman–Crippen LogP) is 2.72. The number of aromatic nitrogens is 1. The van der Waals surface area contributed by atoms with Gasteiger partial charge in [0.25, 0.3) is 0 Å². The molecule has 3 rings (SSSR count). The summed E-state index contributed by atoms with van der Waals surface area (Å²) in [5.74, 6) is 1.81. The van der Waals surface area contributed by atoms with Crippen LogP contribution < -0.4 is 9.64 Å². The van der Waals surface area contributed by atoms with Crippen LogP contribution in [0.1, 0.15) is 5.56 Å². The van der Waals surface area contributed by atoms with Gasteiger partial charge in [0.05, 0.1) is 10.7 Å². The van der Waals surface area contributed by atoms with Crippen LogP contribution in [0.3, 0.4) is 0 Å². The molecular formula is C17H20IN3O2. The average Bonchev–Trinajstić information content (AvgIpc) is 2.59. The van der Waals surface area contributed by atoms with Crippen molar-refractivity contribution in [2.24, 2.45) is 0 Å². The molecule has 1 fully saturated rings. The van der Waals surface area contributed by atoms with Crippen LogP contribution in [0.5, 0.6) is 11.5 Å². The van der Waals surface area contributed by atoms with E-state index in [2.05, 4.69) is 43.4 Å². The Labute approximate surface area is 150 Å². The second kappa shape index (κ2) is 7.35. The van der Waals surface area contributed by atoms with E-state index in [0.717, 1.165) is 47.7 Å². The SMILES string of the molecule is COc1cc(CN2CCN(c3ccccn3)CC2)cc(I)c1O. The smallest absolute Gasteiger partial charge is 0.171 e. The van der Waals surface area contributed by atoms with Crippen LogP contribution in [0.2, 0.25) is 0 Å². The van der Waals surface area contributed by atoms with Crippen molar-refractivity contribution in [3.8, 4) is 11.5 Å². The van der Waals surface area contributed by atoms with Crippen LogP contribution >= 0.6 is 22.6 Å². The van der Waals surface area contributed by atoms with E-state index in [1.54, 1.807) is 7.11 Å². The largest absolute Gasteiger partial charge is 0.504 e. The highest BCUT2D eigenvalue weighted by Gasteiger charge is 2.19. The van der Waals surface area contributed by atoms with Crippen molar-refractivity contribution < 1.29 is 9.84 Å². The Morgan fingerprint density at radius 3 is 2.65 bits per heavy atom. The Kier molecular flexibility index (Phi) is 5.22. The van der Waals surface area contributed by atoms with Crippen LogP contribution in [0.15, 0.2) is 36.5 Å². The summed E-state index contributed by atoms with van der Waals surface area (Å²) in [5, 5.41) is 9.93. The monoisotopic (exact) mass is 425 g/mol. The quantitative estimate of drug-likeness (QED) is 0.764. The van der Waals surface area contributed by atoms with Crippen LogP contribution in [0.4, 0.5) is 5.82 Å². The molecule has 0 aliphatic carbocycles. The molecule has 1 N–H and O–H groups in total. The van der Waals surface area contributed by atoms with Crippen molar-refractivity contribution in [3.05, 3.63) is 45.7 Å². The zero-order valence-corrected chi connectivity index (χ0v) is 15.2. The highest BCUT2D eigenvalue weighted by atomic mass is 127. The molecule has 1 aliphatic heterocycles. The molecule has 0 amide bonds. The molecule has 6 heteroatoms. The number of pyridine rings is 1. The molecule has 2 aromatic rings. The molecule has 0 bridgehead atoms. The summed E-state index contributed by atoms with van der Waals surface area (Å²) in [6.45, 7) is 4.81. The zero-order valence-electron chi connectivity index (χ0n) is 13.1. The van der Waals surface area contributed by atoms with Crippen molar-refractivity contribution in [1.82, 2.24) is 9.88 Å². The Morgan fingerprint density at radius 2 is 2.00 bits per heavy atom. The number of nitrogens with zero attached hydrogens (tertiary/aromatic N) is 3. The number of anilines is 1. The van der Waals surface area contributed by atoms with E-state index in [1.807, 2.05) is 30.5 Å². The number of piperazine rings is 1. The van der Waals surface area contributed by atoms with Crippen LogP contribution in [-0.2, 0) is 6.54 Å². The summed E-state index contributed by atoms with van der Waals surface area (Å²) in [4.78, 5) is 9.15. The third-order valence-corrected chi connectivity index (χ3v) is 4.88. The summed E-state index contributed by atoms with van der Waals surface area (Å²) in [7, 11) is 1.58. The molecule has 0 saturated carbocycles. The van der Waals surface area contributed by atoms with E-state index in [9.17, 15) is 5.11 Å². The Morgan fingerprint density at radius 1 is 1.22 bits per heavy atom. The Bertz CT molecular complexity index is 658. The maximum atomic E-state index is 9.93. The van der Waals surface area contributed by atoms with Crippen molar-refractivity contribution in [2.45, 2.75) is 6.54 Å². The maximum Gasteiger partial charge on any atom is 0.171 e. The third kappa shape index (κ3) is 3.87. The standard InChI is InChI=1S/C17H20IN3O2/c1-23-15-11-13(10-14(18)17(15)22)12-20-6-8-21(9-7-20)16-4-2-3-5-19-16/h2-5,10-11,22H,6-9,12H2,1H3. The highest BCUT2D eigenvalue weighted by molar-refractivity contribution is 14.1. The van der Waals surface area contributed by atoms with E-state index < -0.39 is 0 Å². The lowest BCUT2D eigenvalue weighted by atomic mass is 10.1. The summed E-state index contributed by atoms with van der Waals surface area (Å²) in [6.07, 6.45) is 1.84. The van der Waals surface area contributed by atoms with Gasteiger partial charge in [0.15, 0.2) is 11.5 Å². The van der Waals surface area contributed by atoms with E-state index in [-0.39, 0.29) is 5.75 Å². The third-order valence-electron chi connectivity index (χ3n) is 4.06. The molecule has 5 nitrogen and oxygen atoms in total.